The first-order valence-corrected chi connectivity index (χ1v) is 22.7. The molecule has 1 aromatic heterocycles. The van der Waals surface area contributed by atoms with E-state index in [1.165, 1.54) is 93.6 Å². The molecule has 1 atom stereocenters. The van der Waals surface area contributed by atoms with Gasteiger partial charge in [-0.25, -0.2) is 0 Å². The van der Waals surface area contributed by atoms with Crippen LogP contribution >= 0.6 is 0 Å². The molecule has 10 aromatic carbocycles. The Hall–Kier alpha value is -8.20. The first-order valence-electron chi connectivity index (χ1n) is 22.7. The fourth-order valence-corrected chi connectivity index (χ4v) is 10.0. The number of benzene rings is 10. The minimum atomic E-state index is 0.459. The van der Waals surface area contributed by atoms with Crippen LogP contribution in [0.3, 0.4) is 0 Å². The van der Waals surface area contributed by atoms with Crippen molar-refractivity contribution in [2.45, 2.75) is 13.3 Å². The van der Waals surface area contributed by atoms with Gasteiger partial charge >= 0.3 is 0 Å². The average Bonchev–Trinajstić information content (AvgIpc) is 3.72. The summed E-state index contributed by atoms with van der Waals surface area (Å²) in [5, 5.41) is 7.50. The van der Waals surface area contributed by atoms with Crippen LogP contribution in [0.1, 0.15) is 13.3 Å². The molecule has 0 amide bonds. The van der Waals surface area contributed by atoms with E-state index >= 15 is 0 Å². The zero-order valence-corrected chi connectivity index (χ0v) is 36.3. The van der Waals surface area contributed by atoms with E-state index in [-0.39, 0.29) is 0 Å². The van der Waals surface area contributed by atoms with Gasteiger partial charge in [0.25, 0.3) is 0 Å². The third-order valence-electron chi connectivity index (χ3n) is 13.2. The van der Waals surface area contributed by atoms with Crippen LogP contribution in [0.5, 0.6) is 0 Å². The zero-order chi connectivity index (χ0) is 43.3. The summed E-state index contributed by atoms with van der Waals surface area (Å²) in [6.07, 6.45) is 8.12. The lowest BCUT2D eigenvalue weighted by atomic mass is 9.96. The molecule has 12 rings (SSSR count). The van der Waals surface area contributed by atoms with Gasteiger partial charge in [-0.15, -0.1) is 0 Å². The molecule has 65 heavy (non-hydrogen) atoms. The maximum absolute atomic E-state index is 2.51. The summed E-state index contributed by atoms with van der Waals surface area (Å²) < 4.78 is 2.51. The van der Waals surface area contributed by atoms with Crippen LogP contribution in [0.15, 0.2) is 243 Å². The number of fused-ring (bicyclic) bond motifs is 5. The minimum Gasteiger partial charge on any atom is -0.310 e. The average molecular weight is 831 g/mol. The Bertz CT molecular complexity index is 3500. The van der Waals surface area contributed by atoms with E-state index in [0.29, 0.717) is 5.92 Å². The number of rotatable bonds is 8. The van der Waals surface area contributed by atoms with E-state index < -0.39 is 0 Å². The molecule has 0 bridgehead atoms. The van der Waals surface area contributed by atoms with Crippen molar-refractivity contribution in [2.24, 2.45) is 5.92 Å². The molecule has 0 spiro atoms. The maximum atomic E-state index is 2.51. The van der Waals surface area contributed by atoms with Gasteiger partial charge in [0.05, 0.1) is 11.0 Å². The molecule has 2 heteroatoms. The number of nitrogens with zero attached hydrogens (tertiary/aromatic N) is 2. The summed E-state index contributed by atoms with van der Waals surface area (Å²) in [5.41, 5.74) is 16.6. The van der Waals surface area contributed by atoms with Crippen LogP contribution in [-0.2, 0) is 0 Å². The van der Waals surface area contributed by atoms with Crippen molar-refractivity contribution in [3.8, 4) is 44.5 Å². The summed E-state index contributed by atoms with van der Waals surface area (Å²) in [4.78, 5) is 2.40. The summed E-state index contributed by atoms with van der Waals surface area (Å²) >= 11 is 0. The third-order valence-corrected chi connectivity index (χ3v) is 13.2. The lowest BCUT2D eigenvalue weighted by Gasteiger charge is -2.26. The fraction of sp³-hybridized carbons (Fsp3) is 0.0476. The molecule has 0 radical (unpaired) electrons. The topological polar surface area (TPSA) is 8.17 Å². The van der Waals surface area contributed by atoms with Crippen molar-refractivity contribution >= 4 is 66.1 Å². The first kappa shape index (κ1) is 38.5. The lowest BCUT2D eigenvalue weighted by Crippen LogP contribution is -2.10. The van der Waals surface area contributed by atoms with Gasteiger partial charge < -0.3 is 9.47 Å². The summed E-state index contributed by atoms with van der Waals surface area (Å²) in [5.74, 6) is 0.459. The Labute approximate surface area is 380 Å². The van der Waals surface area contributed by atoms with E-state index in [2.05, 4.69) is 259 Å². The molecule has 11 aromatic rings. The molecule has 0 N–H and O–H groups in total. The molecule has 1 heterocycles. The predicted molar refractivity (Wildman–Crippen MR) is 278 cm³/mol. The van der Waals surface area contributed by atoms with Crippen LogP contribution < -0.4 is 4.90 Å². The fourth-order valence-electron chi connectivity index (χ4n) is 10.0. The van der Waals surface area contributed by atoms with Crippen LogP contribution in [0.25, 0.3) is 93.6 Å². The Kier molecular flexibility index (Phi) is 9.57. The summed E-state index contributed by atoms with van der Waals surface area (Å²) in [6.45, 7) is 2.31. The number of aromatic nitrogens is 1. The highest BCUT2D eigenvalue weighted by molar-refractivity contribution is 6.19. The van der Waals surface area contributed by atoms with E-state index in [1.54, 1.807) is 0 Å². The van der Waals surface area contributed by atoms with E-state index in [1.807, 2.05) is 0 Å². The molecule has 1 unspecified atom stereocenters. The Balaban J connectivity index is 1.01. The maximum Gasteiger partial charge on any atom is 0.0619 e. The highest BCUT2D eigenvalue weighted by Crippen LogP contribution is 2.45. The number of anilines is 3. The quantitative estimate of drug-likeness (QED) is 0.148. The molecular formula is C63H46N2. The van der Waals surface area contributed by atoms with Crippen molar-refractivity contribution in [1.82, 2.24) is 4.57 Å². The van der Waals surface area contributed by atoms with Crippen molar-refractivity contribution in [3.05, 3.63) is 243 Å². The summed E-state index contributed by atoms with van der Waals surface area (Å²) in [6, 6.07) is 82.3. The number of para-hydroxylation sites is 1. The van der Waals surface area contributed by atoms with Gasteiger partial charge in [-0.3, -0.25) is 0 Å². The van der Waals surface area contributed by atoms with Crippen molar-refractivity contribution in [3.63, 3.8) is 0 Å². The highest BCUT2D eigenvalue weighted by Gasteiger charge is 2.22. The molecule has 0 fully saturated rings. The lowest BCUT2D eigenvalue weighted by molar-refractivity contribution is 0.735. The van der Waals surface area contributed by atoms with Crippen LogP contribution in [0.2, 0.25) is 0 Å². The summed E-state index contributed by atoms with van der Waals surface area (Å²) in [7, 11) is 0. The van der Waals surface area contributed by atoms with E-state index in [4.69, 9.17) is 0 Å². The number of hydrogen-bond donors (Lipinski definition) is 0. The van der Waals surface area contributed by atoms with Gasteiger partial charge in [-0.2, -0.15) is 0 Å². The smallest absolute Gasteiger partial charge is 0.0619 e. The van der Waals surface area contributed by atoms with Gasteiger partial charge in [0.2, 0.25) is 0 Å². The van der Waals surface area contributed by atoms with Gasteiger partial charge in [0, 0.05) is 39.1 Å². The van der Waals surface area contributed by atoms with Gasteiger partial charge in [-0.05, 0) is 134 Å². The highest BCUT2D eigenvalue weighted by atomic mass is 15.1. The Morgan fingerprint density at radius 2 is 0.969 bits per heavy atom. The van der Waals surface area contributed by atoms with Crippen LogP contribution in [0, 0.1) is 5.92 Å². The third kappa shape index (κ3) is 7.01. The minimum absolute atomic E-state index is 0.459. The SMILES string of the molecule is CC1C=C(n2c3cccc(-c4cccc(N(c5ccc(-c6ccc7ccccc7c6)cc5)c5ccc(-c6ccc7ccccc7c6)cc5)c4)c3c3cccc(-c4ccccc4)c32)C=CC1. The second-order valence-corrected chi connectivity index (χ2v) is 17.4. The van der Waals surface area contributed by atoms with Gasteiger partial charge in [-0.1, -0.05) is 189 Å². The van der Waals surface area contributed by atoms with E-state index in [9.17, 15) is 0 Å². The molecular weight excluding hydrogens is 785 g/mol. The number of allylic oxidation sites excluding steroid dienone is 4. The second-order valence-electron chi connectivity index (χ2n) is 17.4. The molecule has 0 saturated heterocycles. The molecule has 0 saturated carbocycles. The molecule has 0 aliphatic heterocycles. The van der Waals surface area contributed by atoms with Crippen LogP contribution in [-0.4, -0.2) is 4.57 Å². The van der Waals surface area contributed by atoms with Crippen molar-refractivity contribution < 1.29 is 0 Å². The molecule has 308 valence electrons. The standard InChI is InChI=1S/C63H46N2/c1-43-13-9-21-56(39-43)65-61-26-12-23-58(62(61)60-25-11-24-59(63(60)65)48-16-3-2-4-17-48)53-20-10-22-57(42-53)64(54-35-31-46(32-36-54)51-29-27-44-14-5-7-18-49(44)40-51)55-37-33-47(34-38-55)52-30-28-45-15-6-8-19-50(45)41-52/h2-12,14-43H,13H2,1H3. The molecule has 1 aliphatic rings. The van der Waals surface area contributed by atoms with Gasteiger partial charge in [0.1, 0.15) is 0 Å². The Morgan fingerprint density at radius 1 is 0.415 bits per heavy atom. The normalized spacial score (nSPS) is 13.7. The van der Waals surface area contributed by atoms with E-state index in [0.717, 1.165) is 23.5 Å². The monoisotopic (exact) mass is 830 g/mol. The van der Waals surface area contributed by atoms with Gasteiger partial charge in [0.15, 0.2) is 0 Å². The molecule has 2 nitrogen and oxygen atoms in total. The van der Waals surface area contributed by atoms with Crippen molar-refractivity contribution in [1.29, 1.82) is 0 Å². The Morgan fingerprint density at radius 3 is 1.62 bits per heavy atom. The zero-order valence-electron chi connectivity index (χ0n) is 36.3. The first-order chi connectivity index (χ1) is 32.1. The largest absolute Gasteiger partial charge is 0.310 e. The number of hydrogen-bond acceptors (Lipinski definition) is 1. The van der Waals surface area contributed by atoms with Crippen LogP contribution in [0.4, 0.5) is 17.1 Å². The molecule has 1 aliphatic carbocycles. The van der Waals surface area contributed by atoms with Crippen molar-refractivity contribution in [2.75, 3.05) is 4.90 Å². The second kappa shape index (κ2) is 16.2. The predicted octanol–water partition coefficient (Wildman–Crippen LogP) is 17.7.